The van der Waals surface area contributed by atoms with Crippen LogP contribution in [0.4, 0.5) is 0 Å². The van der Waals surface area contributed by atoms with Crippen LogP contribution in [0, 0.1) is 0 Å². The molecular formula is C3H10NO3P. The van der Waals surface area contributed by atoms with Crippen molar-refractivity contribution in [1.82, 2.24) is 5.25 Å². The molecule has 0 bridgehead atoms. The lowest BCUT2D eigenvalue weighted by Gasteiger charge is -2.10. The summed E-state index contributed by atoms with van der Waals surface area (Å²) in [6.07, 6.45) is 0. The highest BCUT2D eigenvalue weighted by Crippen LogP contribution is 2.39. The van der Waals surface area contributed by atoms with E-state index in [-0.39, 0.29) is 0 Å². The maximum atomic E-state index is 10.5. The van der Waals surface area contributed by atoms with Crippen LogP contribution in [0.25, 0.3) is 0 Å². The van der Waals surface area contributed by atoms with Gasteiger partial charge in [0.15, 0.2) is 0 Å². The van der Waals surface area contributed by atoms with Crippen LogP contribution >= 0.6 is 7.52 Å². The molecule has 0 saturated carbocycles. The van der Waals surface area contributed by atoms with E-state index >= 15 is 0 Å². The summed E-state index contributed by atoms with van der Waals surface area (Å²) in [6, 6.07) is 0. The molecule has 0 saturated heterocycles. The van der Waals surface area contributed by atoms with Gasteiger partial charge in [-0.1, -0.05) is 13.8 Å². The van der Waals surface area contributed by atoms with Crippen molar-refractivity contribution < 1.29 is 14.7 Å². The van der Waals surface area contributed by atoms with Crippen LogP contribution in [0.3, 0.4) is 0 Å². The van der Waals surface area contributed by atoms with Gasteiger partial charge in [0.25, 0.3) is 7.52 Å². The van der Waals surface area contributed by atoms with Crippen molar-refractivity contribution in [3.05, 3.63) is 0 Å². The van der Waals surface area contributed by atoms with Crippen LogP contribution in [0.1, 0.15) is 13.8 Å². The van der Waals surface area contributed by atoms with Crippen LogP contribution in [0.2, 0.25) is 0 Å². The molecule has 0 aliphatic heterocycles. The van der Waals surface area contributed by atoms with E-state index in [1.165, 1.54) is 5.25 Å². The standard InChI is InChI=1S/C3H10NO3P/c1-3(2)8(6,7)4-5/h3,5H,1-2H3,(H2,4,6,7). The van der Waals surface area contributed by atoms with E-state index in [1.54, 1.807) is 13.8 Å². The number of hydrogen-bond donors (Lipinski definition) is 3. The molecule has 8 heavy (non-hydrogen) atoms. The third-order valence-corrected chi connectivity index (χ3v) is 2.53. The Hall–Kier alpha value is 0.110. The van der Waals surface area contributed by atoms with Gasteiger partial charge in [0.05, 0.1) is 0 Å². The SMILES string of the molecule is CC(C)P(=O)(O)NO. The smallest absolute Gasteiger partial charge is 0.292 e. The molecule has 4 nitrogen and oxygen atoms in total. The molecule has 3 N–H and O–H groups in total. The maximum absolute atomic E-state index is 10.5. The van der Waals surface area contributed by atoms with E-state index < -0.39 is 13.2 Å². The fraction of sp³-hybridized carbons (Fsp3) is 1.00. The first kappa shape index (κ1) is 8.11. The van der Waals surface area contributed by atoms with Gasteiger partial charge in [-0.15, -0.1) is 5.25 Å². The van der Waals surface area contributed by atoms with Crippen LogP contribution in [-0.2, 0) is 4.57 Å². The summed E-state index contributed by atoms with van der Waals surface area (Å²) >= 11 is 0. The zero-order chi connectivity index (χ0) is 6.78. The summed E-state index contributed by atoms with van der Waals surface area (Å²) in [6.45, 7) is 3.09. The van der Waals surface area contributed by atoms with Crippen molar-refractivity contribution in [1.29, 1.82) is 0 Å². The minimum absolute atomic E-state index is 0.438. The molecule has 0 amide bonds. The first-order valence-electron chi connectivity index (χ1n) is 2.24. The summed E-state index contributed by atoms with van der Waals surface area (Å²) in [5.74, 6) is 0. The molecule has 0 spiro atoms. The van der Waals surface area contributed by atoms with Gasteiger partial charge in [0.2, 0.25) is 0 Å². The van der Waals surface area contributed by atoms with E-state index in [0.717, 1.165) is 0 Å². The molecule has 1 unspecified atom stereocenters. The Morgan fingerprint density at radius 1 is 1.62 bits per heavy atom. The molecule has 0 heterocycles. The Morgan fingerprint density at radius 2 is 2.00 bits per heavy atom. The highest BCUT2D eigenvalue weighted by Gasteiger charge is 2.20. The minimum atomic E-state index is -3.44. The summed E-state index contributed by atoms with van der Waals surface area (Å²) < 4.78 is 10.5. The zero-order valence-corrected chi connectivity index (χ0v) is 5.72. The van der Waals surface area contributed by atoms with E-state index in [9.17, 15) is 4.57 Å². The predicted octanol–water partition coefficient (Wildman–Crippen LogP) is 0.559. The lowest BCUT2D eigenvalue weighted by atomic mass is 10.6. The van der Waals surface area contributed by atoms with Crippen molar-refractivity contribution in [3.8, 4) is 0 Å². The molecule has 50 valence electrons. The number of rotatable bonds is 2. The van der Waals surface area contributed by atoms with Crippen molar-refractivity contribution in [3.63, 3.8) is 0 Å². The van der Waals surface area contributed by atoms with Gasteiger partial charge < -0.3 is 10.1 Å². The van der Waals surface area contributed by atoms with Crippen LogP contribution < -0.4 is 5.25 Å². The monoisotopic (exact) mass is 139 g/mol. The van der Waals surface area contributed by atoms with E-state index in [4.69, 9.17) is 10.1 Å². The topological polar surface area (TPSA) is 69.6 Å². The summed E-state index contributed by atoms with van der Waals surface area (Å²) in [5.41, 5.74) is -0.438. The number of nitrogens with one attached hydrogen (secondary N) is 1. The molecule has 1 atom stereocenters. The highest BCUT2D eigenvalue weighted by molar-refractivity contribution is 7.56. The minimum Gasteiger partial charge on any atom is -0.332 e. The Kier molecular flexibility index (Phi) is 2.63. The van der Waals surface area contributed by atoms with Gasteiger partial charge in [-0.3, -0.25) is 4.57 Å². The van der Waals surface area contributed by atoms with E-state index in [1.807, 2.05) is 0 Å². The van der Waals surface area contributed by atoms with Gasteiger partial charge >= 0.3 is 0 Å². The van der Waals surface area contributed by atoms with E-state index in [0.29, 0.717) is 0 Å². The lowest BCUT2D eigenvalue weighted by Crippen LogP contribution is -2.11. The second-order valence-corrected chi connectivity index (χ2v) is 4.30. The Bertz CT molecular complexity index is 113. The highest BCUT2D eigenvalue weighted by atomic mass is 31.2. The summed E-state index contributed by atoms with van der Waals surface area (Å²) in [4.78, 5) is 8.59. The second-order valence-electron chi connectivity index (χ2n) is 1.82. The van der Waals surface area contributed by atoms with Crippen LogP contribution in [0.15, 0.2) is 0 Å². The Labute approximate surface area is 48.0 Å². The largest absolute Gasteiger partial charge is 0.332 e. The van der Waals surface area contributed by atoms with Crippen molar-refractivity contribution in [2.75, 3.05) is 0 Å². The molecule has 0 aromatic heterocycles. The summed E-state index contributed by atoms with van der Waals surface area (Å²) in [5, 5.41) is 9.35. The van der Waals surface area contributed by atoms with Gasteiger partial charge in [-0.25, -0.2) is 0 Å². The average molecular weight is 139 g/mol. The zero-order valence-electron chi connectivity index (χ0n) is 4.83. The molecule has 0 aromatic rings. The normalized spacial score (nSPS) is 18.6. The predicted molar refractivity (Wildman–Crippen MR) is 29.9 cm³/mol. The number of hydrogen-bond acceptors (Lipinski definition) is 2. The first-order chi connectivity index (χ1) is 3.50. The molecule has 0 aromatic carbocycles. The van der Waals surface area contributed by atoms with Crippen LogP contribution in [0.5, 0.6) is 0 Å². The van der Waals surface area contributed by atoms with E-state index in [2.05, 4.69) is 0 Å². The van der Waals surface area contributed by atoms with Crippen LogP contribution in [-0.4, -0.2) is 15.8 Å². The summed E-state index contributed by atoms with van der Waals surface area (Å²) in [7, 11) is -3.44. The van der Waals surface area contributed by atoms with Gasteiger partial charge in [-0.2, -0.15) is 0 Å². The van der Waals surface area contributed by atoms with Gasteiger partial charge in [0.1, 0.15) is 0 Å². The lowest BCUT2D eigenvalue weighted by molar-refractivity contribution is 0.220. The molecule has 5 heteroatoms. The first-order valence-corrected chi connectivity index (χ1v) is 3.97. The fourth-order valence-electron chi connectivity index (χ4n) is 0.115. The Balaban J connectivity index is 3.93. The second kappa shape index (κ2) is 2.60. The van der Waals surface area contributed by atoms with Gasteiger partial charge in [-0.05, 0) is 0 Å². The third-order valence-electron chi connectivity index (χ3n) is 0.843. The molecule has 0 rings (SSSR count). The quantitative estimate of drug-likeness (QED) is 0.386. The van der Waals surface area contributed by atoms with Gasteiger partial charge in [0, 0.05) is 5.66 Å². The third kappa shape index (κ3) is 1.92. The molecule has 0 fully saturated rings. The Morgan fingerprint density at radius 3 is 2.00 bits per heavy atom. The molecule has 0 aliphatic carbocycles. The van der Waals surface area contributed by atoms with Crippen molar-refractivity contribution in [2.45, 2.75) is 19.5 Å². The fourth-order valence-corrected chi connectivity index (χ4v) is 0.346. The maximum Gasteiger partial charge on any atom is 0.292 e. The van der Waals surface area contributed by atoms with Crippen molar-refractivity contribution in [2.24, 2.45) is 0 Å². The molecule has 0 radical (unpaired) electrons. The average Bonchev–Trinajstić information content (AvgIpc) is 1.67. The molecule has 0 aliphatic rings. The van der Waals surface area contributed by atoms with Crippen molar-refractivity contribution >= 4 is 7.52 Å². The molecular weight excluding hydrogens is 129 g/mol.